The first-order chi connectivity index (χ1) is 17.5. The molecule has 0 radical (unpaired) electrons. The fraction of sp³-hybridized carbons (Fsp3) is 0.407. The Morgan fingerprint density at radius 1 is 1.00 bits per heavy atom. The SMILES string of the molecule is COc1cc2nc(NCCCCCC(=O)OCC(C)C)c3nnc(-c4ccccc4)n3c2cc1OC. The van der Waals surface area contributed by atoms with E-state index in [0.29, 0.717) is 54.3 Å². The van der Waals surface area contributed by atoms with E-state index in [-0.39, 0.29) is 5.97 Å². The molecule has 0 bridgehead atoms. The van der Waals surface area contributed by atoms with Gasteiger partial charge in [0.05, 0.1) is 31.9 Å². The van der Waals surface area contributed by atoms with Crippen LogP contribution in [0.25, 0.3) is 28.1 Å². The highest BCUT2D eigenvalue weighted by Crippen LogP contribution is 2.34. The molecule has 0 aliphatic heterocycles. The molecule has 0 fully saturated rings. The molecule has 4 aromatic rings. The molecule has 0 atom stereocenters. The van der Waals surface area contributed by atoms with E-state index < -0.39 is 0 Å². The average molecular weight is 492 g/mol. The molecule has 4 rings (SSSR count). The van der Waals surface area contributed by atoms with Gasteiger partial charge < -0.3 is 19.5 Å². The summed E-state index contributed by atoms with van der Waals surface area (Å²) in [5, 5.41) is 12.4. The standard InChI is InChI=1S/C27H33N5O4/c1-18(2)17-36-24(33)13-9-6-10-14-28-25-27-31-30-26(19-11-7-5-8-12-19)32(27)21-16-23(35-4)22(34-3)15-20(21)29-25/h5,7-8,11-12,15-16,18H,6,9-10,13-14,17H2,1-4H3,(H,28,29). The number of benzene rings is 2. The van der Waals surface area contributed by atoms with Gasteiger partial charge in [-0.1, -0.05) is 50.6 Å². The van der Waals surface area contributed by atoms with Crippen LogP contribution in [-0.2, 0) is 9.53 Å². The highest BCUT2D eigenvalue weighted by Gasteiger charge is 2.18. The van der Waals surface area contributed by atoms with Gasteiger partial charge in [0.1, 0.15) is 0 Å². The van der Waals surface area contributed by atoms with E-state index in [1.807, 2.05) is 60.7 Å². The lowest BCUT2D eigenvalue weighted by Gasteiger charge is -2.13. The van der Waals surface area contributed by atoms with E-state index in [1.165, 1.54) is 0 Å². The summed E-state index contributed by atoms with van der Waals surface area (Å²) < 4.78 is 18.3. The number of hydrogen-bond donors (Lipinski definition) is 1. The second kappa shape index (κ2) is 11.7. The minimum absolute atomic E-state index is 0.129. The first-order valence-electron chi connectivity index (χ1n) is 12.3. The van der Waals surface area contributed by atoms with Crippen molar-refractivity contribution >= 4 is 28.5 Å². The molecule has 2 aromatic carbocycles. The second-order valence-electron chi connectivity index (χ2n) is 9.02. The molecule has 0 spiro atoms. The molecule has 2 heterocycles. The summed E-state index contributed by atoms with van der Waals surface area (Å²) in [6.45, 7) is 5.23. The highest BCUT2D eigenvalue weighted by atomic mass is 16.5. The average Bonchev–Trinajstić information content (AvgIpc) is 3.35. The van der Waals surface area contributed by atoms with Crippen LogP contribution in [-0.4, -0.2) is 52.9 Å². The normalized spacial score (nSPS) is 11.2. The first kappa shape index (κ1) is 25.2. The Morgan fingerprint density at radius 2 is 1.75 bits per heavy atom. The monoisotopic (exact) mass is 491 g/mol. The zero-order valence-corrected chi connectivity index (χ0v) is 21.3. The van der Waals surface area contributed by atoms with Crippen LogP contribution in [0.15, 0.2) is 42.5 Å². The summed E-state index contributed by atoms with van der Waals surface area (Å²) in [4.78, 5) is 16.6. The summed E-state index contributed by atoms with van der Waals surface area (Å²) >= 11 is 0. The van der Waals surface area contributed by atoms with Gasteiger partial charge in [0.25, 0.3) is 0 Å². The summed E-state index contributed by atoms with van der Waals surface area (Å²) in [6.07, 6.45) is 3.02. The van der Waals surface area contributed by atoms with Crippen LogP contribution in [0.5, 0.6) is 11.5 Å². The van der Waals surface area contributed by atoms with Gasteiger partial charge in [-0.3, -0.25) is 9.20 Å². The molecule has 0 saturated carbocycles. The zero-order chi connectivity index (χ0) is 25.5. The Balaban J connectivity index is 1.56. The molecule has 190 valence electrons. The van der Waals surface area contributed by atoms with Gasteiger partial charge in [-0.05, 0) is 18.8 Å². The molecule has 9 nitrogen and oxygen atoms in total. The third kappa shape index (κ3) is 5.67. The van der Waals surface area contributed by atoms with Gasteiger partial charge in [0, 0.05) is 30.7 Å². The molecule has 9 heteroatoms. The van der Waals surface area contributed by atoms with Crippen LogP contribution >= 0.6 is 0 Å². The molecule has 36 heavy (non-hydrogen) atoms. The van der Waals surface area contributed by atoms with Crippen molar-refractivity contribution < 1.29 is 19.0 Å². The Kier molecular flexibility index (Phi) is 8.20. The van der Waals surface area contributed by atoms with Crippen molar-refractivity contribution in [3.63, 3.8) is 0 Å². The Labute approximate surface area is 210 Å². The number of carbonyl (C=O) groups excluding carboxylic acids is 1. The van der Waals surface area contributed by atoms with Gasteiger partial charge in [-0.15, -0.1) is 10.2 Å². The maximum absolute atomic E-state index is 11.8. The largest absolute Gasteiger partial charge is 0.493 e. The number of unbranched alkanes of at least 4 members (excludes halogenated alkanes) is 2. The maximum atomic E-state index is 11.8. The van der Waals surface area contributed by atoms with Gasteiger partial charge in [-0.2, -0.15) is 0 Å². The van der Waals surface area contributed by atoms with E-state index in [1.54, 1.807) is 14.2 Å². The predicted molar refractivity (Wildman–Crippen MR) is 140 cm³/mol. The number of nitrogens with zero attached hydrogens (tertiary/aromatic N) is 4. The van der Waals surface area contributed by atoms with E-state index >= 15 is 0 Å². The van der Waals surface area contributed by atoms with E-state index in [2.05, 4.69) is 15.5 Å². The predicted octanol–water partition coefficient (Wildman–Crippen LogP) is 5.13. The summed E-state index contributed by atoms with van der Waals surface area (Å²) in [6, 6.07) is 13.7. The van der Waals surface area contributed by atoms with Crippen molar-refractivity contribution in [1.82, 2.24) is 19.6 Å². The van der Waals surface area contributed by atoms with Gasteiger partial charge >= 0.3 is 5.97 Å². The first-order valence-corrected chi connectivity index (χ1v) is 12.3. The third-order valence-electron chi connectivity index (χ3n) is 5.79. The molecule has 0 saturated heterocycles. The van der Waals surface area contributed by atoms with E-state index in [0.717, 1.165) is 35.9 Å². The zero-order valence-electron chi connectivity index (χ0n) is 21.3. The Hall–Kier alpha value is -3.88. The quantitative estimate of drug-likeness (QED) is 0.215. The van der Waals surface area contributed by atoms with Crippen LogP contribution in [0.3, 0.4) is 0 Å². The minimum atomic E-state index is -0.129. The number of carbonyl (C=O) groups is 1. The summed E-state index contributed by atoms with van der Waals surface area (Å²) in [5.41, 5.74) is 3.12. The Bertz CT molecular complexity index is 1320. The smallest absolute Gasteiger partial charge is 0.305 e. The van der Waals surface area contributed by atoms with Gasteiger partial charge in [0.2, 0.25) is 5.65 Å². The van der Waals surface area contributed by atoms with Gasteiger partial charge in [-0.25, -0.2) is 4.98 Å². The minimum Gasteiger partial charge on any atom is -0.493 e. The number of anilines is 1. The van der Waals surface area contributed by atoms with Crippen molar-refractivity contribution in [3.8, 4) is 22.9 Å². The summed E-state index contributed by atoms with van der Waals surface area (Å²) in [5.74, 6) is 2.78. The molecule has 1 N–H and O–H groups in total. The topological polar surface area (TPSA) is 99.9 Å². The maximum Gasteiger partial charge on any atom is 0.305 e. The summed E-state index contributed by atoms with van der Waals surface area (Å²) in [7, 11) is 3.21. The number of esters is 1. The van der Waals surface area contributed by atoms with Crippen LogP contribution < -0.4 is 14.8 Å². The van der Waals surface area contributed by atoms with Crippen LogP contribution in [0.2, 0.25) is 0 Å². The lowest BCUT2D eigenvalue weighted by Crippen LogP contribution is -2.10. The number of rotatable bonds is 12. The molecule has 0 amide bonds. The molecular formula is C27H33N5O4. The number of aromatic nitrogens is 4. The molecule has 0 aliphatic carbocycles. The molecule has 2 aromatic heterocycles. The van der Waals surface area contributed by atoms with Crippen LogP contribution in [0.1, 0.15) is 39.5 Å². The van der Waals surface area contributed by atoms with Crippen molar-refractivity contribution in [2.45, 2.75) is 39.5 Å². The van der Waals surface area contributed by atoms with Crippen LogP contribution in [0, 0.1) is 5.92 Å². The van der Waals surface area contributed by atoms with E-state index in [4.69, 9.17) is 19.2 Å². The number of fused-ring (bicyclic) bond motifs is 3. The van der Waals surface area contributed by atoms with Gasteiger partial charge in [0.15, 0.2) is 23.1 Å². The number of methoxy groups -OCH3 is 2. The van der Waals surface area contributed by atoms with Crippen molar-refractivity contribution in [3.05, 3.63) is 42.5 Å². The van der Waals surface area contributed by atoms with Crippen molar-refractivity contribution in [2.24, 2.45) is 5.92 Å². The lowest BCUT2D eigenvalue weighted by molar-refractivity contribution is -0.144. The van der Waals surface area contributed by atoms with Crippen LogP contribution in [0.4, 0.5) is 5.82 Å². The fourth-order valence-electron chi connectivity index (χ4n) is 3.96. The lowest BCUT2D eigenvalue weighted by atomic mass is 10.2. The van der Waals surface area contributed by atoms with Crippen molar-refractivity contribution in [2.75, 3.05) is 32.7 Å². The molecular weight excluding hydrogens is 458 g/mol. The van der Waals surface area contributed by atoms with E-state index in [9.17, 15) is 4.79 Å². The third-order valence-corrected chi connectivity index (χ3v) is 5.79. The Morgan fingerprint density at radius 3 is 2.47 bits per heavy atom. The highest BCUT2D eigenvalue weighted by molar-refractivity contribution is 5.87. The molecule has 0 unspecified atom stereocenters. The molecule has 0 aliphatic rings. The fourth-order valence-corrected chi connectivity index (χ4v) is 3.96. The van der Waals surface area contributed by atoms with Crippen molar-refractivity contribution in [1.29, 1.82) is 0 Å². The number of ether oxygens (including phenoxy) is 3. The number of hydrogen-bond acceptors (Lipinski definition) is 8. The second-order valence-corrected chi connectivity index (χ2v) is 9.02. The number of nitrogens with one attached hydrogen (secondary N) is 1.